The van der Waals surface area contributed by atoms with Crippen molar-refractivity contribution < 1.29 is 14.7 Å². The summed E-state index contributed by atoms with van der Waals surface area (Å²) in [5.74, 6) is -0.864. The highest BCUT2D eigenvalue weighted by molar-refractivity contribution is 5.84. The summed E-state index contributed by atoms with van der Waals surface area (Å²) in [4.78, 5) is 25.1. The van der Waals surface area contributed by atoms with Crippen LogP contribution in [-0.2, 0) is 4.79 Å². The number of rotatable bonds is 2. The van der Waals surface area contributed by atoms with E-state index in [1.807, 2.05) is 6.92 Å². The number of hydrogen-bond acceptors (Lipinski definition) is 2. The number of carbonyl (C=O) groups is 2. The third-order valence-electron chi connectivity index (χ3n) is 4.58. The maximum Gasteiger partial charge on any atom is 0.326 e. The normalized spacial score (nSPS) is 30.1. The molecule has 2 unspecified atom stereocenters. The highest BCUT2D eigenvalue weighted by Gasteiger charge is 2.41. The quantitative estimate of drug-likeness (QED) is 0.806. The van der Waals surface area contributed by atoms with Crippen LogP contribution in [0.2, 0.25) is 0 Å². The molecule has 2 aliphatic rings. The molecule has 5 nitrogen and oxygen atoms in total. The van der Waals surface area contributed by atoms with E-state index in [-0.39, 0.29) is 17.5 Å². The van der Waals surface area contributed by atoms with Crippen LogP contribution in [-0.4, -0.2) is 40.1 Å². The average Bonchev–Trinajstić information content (AvgIpc) is 2.71. The third kappa shape index (κ3) is 3.01. The first-order valence-corrected chi connectivity index (χ1v) is 7.24. The lowest BCUT2D eigenvalue weighted by atomic mass is 9.83. The van der Waals surface area contributed by atoms with Crippen LogP contribution in [0.3, 0.4) is 0 Å². The summed E-state index contributed by atoms with van der Waals surface area (Å²) in [5.41, 5.74) is -0.162. The van der Waals surface area contributed by atoms with Crippen LogP contribution in [0.5, 0.6) is 0 Å². The molecule has 108 valence electrons. The molecular formula is C14H24N2O3. The summed E-state index contributed by atoms with van der Waals surface area (Å²) < 4.78 is 0. The summed E-state index contributed by atoms with van der Waals surface area (Å²) in [6.45, 7) is 4.51. The maximum absolute atomic E-state index is 12.3. The van der Waals surface area contributed by atoms with Gasteiger partial charge in [-0.3, -0.25) is 0 Å². The van der Waals surface area contributed by atoms with Crippen LogP contribution < -0.4 is 5.32 Å². The smallest absolute Gasteiger partial charge is 0.326 e. The molecule has 5 heteroatoms. The Morgan fingerprint density at radius 1 is 1.26 bits per heavy atom. The predicted octanol–water partition coefficient (Wildman–Crippen LogP) is 2.21. The van der Waals surface area contributed by atoms with Gasteiger partial charge in [0.2, 0.25) is 0 Å². The van der Waals surface area contributed by atoms with Gasteiger partial charge >= 0.3 is 12.0 Å². The van der Waals surface area contributed by atoms with Crippen molar-refractivity contribution in [2.45, 2.75) is 64.0 Å². The van der Waals surface area contributed by atoms with Gasteiger partial charge in [-0.15, -0.1) is 0 Å². The van der Waals surface area contributed by atoms with Gasteiger partial charge in [0.1, 0.15) is 6.04 Å². The second kappa shape index (κ2) is 5.39. The van der Waals surface area contributed by atoms with Crippen LogP contribution in [0.25, 0.3) is 0 Å². The second-order valence-electron chi connectivity index (χ2n) is 6.29. The first-order valence-electron chi connectivity index (χ1n) is 7.24. The molecule has 0 bridgehead atoms. The number of aliphatic carboxylic acids is 1. The van der Waals surface area contributed by atoms with Crippen LogP contribution in [0.4, 0.5) is 4.79 Å². The van der Waals surface area contributed by atoms with E-state index in [9.17, 15) is 14.7 Å². The Morgan fingerprint density at radius 2 is 1.89 bits per heavy atom. The van der Waals surface area contributed by atoms with Crippen LogP contribution in [0.15, 0.2) is 0 Å². The van der Waals surface area contributed by atoms with Gasteiger partial charge in [-0.25, -0.2) is 9.59 Å². The molecule has 2 atom stereocenters. The van der Waals surface area contributed by atoms with E-state index in [2.05, 4.69) is 12.2 Å². The van der Waals surface area contributed by atoms with Crippen molar-refractivity contribution in [2.75, 3.05) is 6.54 Å². The zero-order valence-electron chi connectivity index (χ0n) is 11.8. The van der Waals surface area contributed by atoms with Crippen molar-refractivity contribution in [3.63, 3.8) is 0 Å². The Morgan fingerprint density at radius 3 is 2.47 bits per heavy atom. The van der Waals surface area contributed by atoms with E-state index in [0.29, 0.717) is 6.54 Å². The molecule has 2 fully saturated rings. The topological polar surface area (TPSA) is 69.6 Å². The average molecular weight is 268 g/mol. The maximum atomic E-state index is 12.3. The molecule has 0 spiro atoms. The van der Waals surface area contributed by atoms with Gasteiger partial charge in [0.15, 0.2) is 0 Å². The number of carboxylic acids is 1. The molecule has 2 N–H and O–H groups in total. The monoisotopic (exact) mass is 268 g/mol. The van der Waals surface area contributed by atoms with Gasteiger partial charge in [-0.2, -0.15) is 0 Å². The van der Waals surface area contributed by atoms with E-state index in [1.54, 1.807) is 0 Å². The zero-order chi connectivity index (χ0) is 14.0. The predicted molar refractivity (Wildman–Crippen MR) is 71.9 cm³/mol. The minimum Gasteiger partial charge on any atom is -0.480 e. The van der Waals surface area contributed by atoms with E-state index >= 15 is 0 Å². The molecule has 0 aromatic carbocycles. The Kier molecular flexibility index (Phi) is 4.02. The van der Waals surface area contributed by atoms with Crippen LogP contribution >= 0.6 is 0 Å². The molecule has 1 saturated carbocycles. The first kappa shape index (κ1) is 14.2. The lowest BCUT2D eigenvalue weighted by Gasteiger charge is -2.36. The van der Waals surface area contributed by atoms with Crippen LogP contribution in [0, 0.1) is 5.92 Å². The lowest BCUT2D eigenvalue weighted by molar-refractivity contribution is -0.142. The van der Waals surface area contributed by atoms with Gasteiger partial charge in [-0.1, -0.05) is 26.2 Å². The van der Waals surface area contributed by atoms with Gasteiger partial charge < -0.3 is 15.3 Å². The van der Waals surface area contributed by atoms with E-state index < -0.39 is 12.0 Å². The van der Waals surface area contributed by atoms with E-state index in [4.69, 9.17) is 0 Å². The van der Waals surface area contributed by atoms with Gasteiger partial charge in [0, 0.05) is 12.1 Å². The summed E-state index contributed by atoms with van der Waals surface area (Å²) in [7, 11) is 0. The van der Waals surface area contributed by atoms with Crippen molar-refractivity contribution in [3.8, 4) is 0 Å². The van der Waals surface area contributed by atoms with Gasteiger partial charge in [-0.05, 0) is 32.1 Å². The molecule has 1 heterocycles. The van der Waals surface area contributed by atoms with Crippen molar-refractivity contribution in [1.82, 2.24) is 10.2 Å². The number of urea groups is 1. The molecule has 0 aromatic heterocycles. The number of carboxylic acid groups (broad SMARTS) is 1. The number of amides is 2. The first-order chi connectivity index (χ1) is 8.93. The molecule has 0 radical (unpaired) electrons. The Bertz CT molecular complexity index is 364. The molecule has 19 heavy (non-hydrogen) atoms. The van der Waals surface area contributed by atoms with Gasteiger partial charge in [0.05, 0.1) is 0 Å². The molecule has 1 aliphatic heterocycles. The molecular weight excluding hydrogens is 244 g/mol. The second-order valence-corrected chi connectivity index (χ2v) is 6.29. The molecule has 2 amide bonds. The third-order valence-corrected chi connectivity index (χ3v) is 4.58. The van der Waals surface area contributed by atoms with Crippen molar-refractivity contribution >= 4 is 12.0 Å². The number of carbonyl (C=O) groups excluding carboxylic acids is 1. The van der Waals surface area contributed by atoms with Crippen molar-refractivity contribution in [2.24, 2.45) is 5.92 Å². The minimum atomic E-state index is -0.894. The Labute approximate surface area is 114 Å². The molecule has 0 aromatic rings. The molecule has 2 rings (SSSR count). The number of likely N-dealkylation sites (tertiary alicyclic amines) is 1. The van der Waals surface area contributed by atoms with Gasteiger partial charge in [0.25, 0.3) is 0 Å². The highest BCUT2D eigenvalue weighted by atomic mass is 16.4. The molecule has 1 saturated heterocycles. The van der Waals surface area contributed by atoms with Crippen molar-refractivity contribution in [3.05, 3.63) is 0 Å². The summed E-state index contributed by atoms with van der Waals surface area (Å²) in [6, 6.07) is -0.881. The Balaban J connectivity index is 2.01. The standard InChI is InChI=1S/C14H24N2O3/c1-10-6-9-16(11(10)12(17)18)13(19)15-14(2)7-4-3-5-8-14/h10-11H,3-9H2,1-2H3,(H,15,19)(H,17,18). The Hall–Kier alpha value is -1.26. The van der Waals surface area contributed by atoms with Crippen molar-refractivity contribution in [1.29, 1.82) is 0 Å². The fourth-order valence-corrected chi connectivity index (χ4v) is 3.34. The number of nitrogens with zero attached hydrogens (tertiary/aromatic N) is 1. The SMILES string of the molecule is CC1CCN(C(=O)NC2(C)CCCCC2)C1C(=O)O. The van der Waals surface area contributed by atoms with Crippen LogP contribution in [0.1, 0.15) is 52.4 Å². The lowest BCUT2D eigenvalue weighted by Crippen LogP contribution is -2.55. The highest BCUT2D eigenvalue weighted by Crippen LogP contribution is 2.29. The fourth-order valence-electron chi connectivity index (χ4n) is 3.34. The number of hydrogen-bond donors (Lipinski definition) is 2. The largest absolute Gasteiger partial charge is 0.480 e. The minimum absolute atomic E-state index is 0.0300. The summed E-state index contributed by atoms with van der Waals surface area (Å²) >= 11 is 0. The number of nitrogens with one attached hydrogen (secondary N) is 1. The molecule has 1 aliphatic carbocycles. The van der Waals surface area contributed by atoms with E-state index in [0.717, 1.165) is 32.1 Å². The van der Waals surface area contributed by atoms with E-state index in [1.165, 1.54) is 11.3 Å². The summed E-state index contributed by atoms with van der Waals surface area (Å²) in [6.07, 6.45) is 6.23. The zero-order valence-corrected chi connectivity index (χ0v) is 11.8. The fraction of sp³-hybridized carbons (Fsp3) is 0.857. The summed E-state index contributed by atoms with van der Waals surface area (Å²) in [5, 5.41) is 12.3.